The van der Waals surface area contributed by atoms with Gasteiger partial charge in [0, 0.05) is 0 Å². The van der Waals surface area contributed by atoms with E-state index in [2.05, 4.69) is 58.5 Å². The lowest BCUT2D eigenvalue weighted by Crippen LogP contribution is -2.52. The smallest absolute Gasteiger partial charge is 0.0962 e. The highest BCUT2D eigenvalue weighted by Gasteiger charge is 2.44. The highest BCUT2D eigenvalue weighted by Crippen LogP contribution is 2.49. The summed E-state index contributed by atoms with van der Waals surface area (Å²) < 4.78 is 0. The van der Waals surface area contributed by atoms with Gasteiger partial charge < -0.3 is 0 Å². The monoisotopic (exact) mass is 184 g/mol. The quantitative estimate of drug-likeness (QED) is 0.429. The molecule has 1 unspecified atom stereocenters. The van der Waals surface area contributed by atoms with Crippen LogP contribution in [-0.4, -0.2) is 20.0 Å². The van der Waals surface area contributed by atoms with Gasteiger partial charge in [0.05, 0.1) is 14.9 Å². The largest absolute Gasteiger partial charge is 0.139 e. The summed E-state index contributed by atoms with van der Waals surface area (Å²) >= 11 is 0. The fourth-order valence-electron chi connectivity index (χ4n) is 2.19. The zero-order valence-corrected chi connectivity index (χ0v) is 10.9. The molecule has 0 aromatic rings. The highest BCUT2D eigenvalue weighted by molar-refractivity contribution is 7.27. The van der Waals surface area contributed by atoms with Crippen LogP contribution in [-0.2, 0) is 0 Å². The van der Waals surface area contributed by atoms with Crippen molar-refractivity contribution in [2.75, 3.05) is 0 Å². The second kappa shape index (κ2) is 3.37. The van der Waals surface area contributed by atoms with Crippen molar-refractivity contribution in [3.05, 3.63) is 0 Å². The van der Waals surface area contributed by atoms with E-state index in [1.54, 1.807) is 0 Å². The molecule has 12 heavy (non-hydrogen) atoms. The molecule has 0 aliphatic heterocycles. The van der Waals surface area contributed by atoms with Crippen LogP contribution in [0, 0.1) is 10.8 Å². The second-order valence-electron chi connectivity index (χ2n) is 5.82. The SMILES string of the molecule is BBC(P)(C(C)(C)C)C(C)(C)C. The third-order valence-electron chi connectivity index (χ3n) is 3.23. The van der Waals surface area contributed by atoms with Crippen LogP contribution in [0.2, 0.25) is 0 Å². The Labute approximate surface area is 82.1 Å². The third kappa shape index (κ3) is 2.08. The van der Waals surface area contributed by atoms with Gasteiger partial charge in [-0.25, -0.2) is 0 Å². The minimum atomic E-state index is 0.333. The van der Waals surface area contributed by atoms with Gasteiger partial charge in [-0.1, -0.05) is 41.5 Å². The van der Waals surface area contributed by atoms with Crippen LogP contribution < -0.4 is 0 Å². The van der Waals surface area contributed by atoms with E-state index < -0.39 is 0 Å². The zero-order chi connectivity index (χ0) is 10.2. The maximum Gasteiger partial charge on any atom is 0.0962 e. The summed E-state index contributed by atoms with van der Waals surface area (Å²) in [5.74, 6) is 0. The first-order chi connectivity index (χ1) is 5.06. The molecular formula is C9H23B2P. The molecule has 0 fully saturated rings. The molecule has 0 radical (unpaired) electrons. The van der Waals surface area contributed by atoms with E-state index in [1.165, 1.54) is 7.17 Å². The summed E-state index contributed by atoms with van der Waals surface area (Å²) in [6.45, 7) is 14.0. The normalized spacial score (nSPS) is 14.6. The van der Waals surface area contributed by atoms with Crippen LogP contribution in [0.1, 0.15) is 41.5 Å². The van der Waals surface area contributed by atoms with E-state index in [1.807, 2.05) is 0 Å². The first kappa shape index (κ1) is 12.6. The average molecular weight is 184 g/mol. The summed E-state index contributed by atoms with van der Waals surface area (Å²) in [6.07, 6.45) is 0. The van der Waals surface area contributed by atoms with Crippen molar-refractivity contribution in [1.29, 1.82) is 0 Å². The first-order valence-corrected chi connectivity index (χ1v) is 5.43. The van der Waals surface area contributed by atoms with Gasteiger partial charge >= 0.3 is 0 Å². The lowest BCUT2D eigenvalue weighted by atomic mass is 9.36. The van der Waals surface area contributed by atoms with Gasteiger partial charge in [0.15, 0.2) is 0 Å². The Balaban J connectivity index is 4.95. The number of hydrogen-bond acceptors (Lipinski definition) is 0. The Morgan fingerprint density at radius 3 is 1.17 bits per heavy atom. The molecule has 0 aliphatic carbocycles. The fourth-order valence-corrected chi connectivity index (χ4v) is 2.19. The molecule has 0 heterocycles. The van der Waals surface area contributed by atoms with Crippen LogP contribution in [0.25, 0.3) is 0 Å². The van der Waals surface area contributed by atoms with Gasteiger partial charge in [-0.2, -0.15) is 0 Å². The lowest BCUT2D eigenvalue weighted by Gasteiger charge is -2.51. The second-order valence-corrected chi connectivity index (χ2v) is 6.81. The molecule has 0 spiro atoms. The van der Waals surface area contributed by atoms with Gasteiger partial charge in [0.1, 0.15) is 0 Å². The van der Waals surface area contributed by atoms with Gasteiger partial charge in [0.2, 0.25) is 0 Å². The van der Waals surface area contributed by atoms with Gasteiger partial charge in [-0.15, -0.1) is 9.24 Å². The molecule has 0 amide bonds. The van der Waals surface area contributed by atoms with Crippen LogP contribution in [0.15, 0.2) is 0 Å². The fraction of sp³-hybridized carbons (Fsp3) is 1.00. The minimum Gasteiger partial charge on any atom is -0.139 e. The Kier molecular flexibility index (Phi) is 3.53. The molecule has 0 rings (SSSR count). The number of hydrogen-bond donors (Lipinski definition) is 0. The van der Waals surface area contributed by atoms with Crippen molar-refractivity contribution < 1.29 is 0 Å². The van der Waals surface area contributed by atoms with Crippen LogP contribution in [0.4, 0.5) is 0 Å². The van der Waals surface area contributed by atoms with Crippen molar-refractivity contribution >= 4 is 24.1 Å². The molecule has 0 bridgehead atoms. The van der Waals surface area contributed by atoms with E-state index >= 15 is 0 Å². The van der Waals surface area contributed by atoms with E-state index in [0.717, 1.165) is 0 Å². The van der Waals surface area contributed by atoms with Crippen LogP contribution >= 0.6 is 9.24 Å². The van der Waals surface area contributed by atoms with Crippen molar-refractivity contribution in [2.24, 2.45) is 10.8 Å². The van der Waals surface area contributed by atoms with E-state index in [-0.39, 0.29) is 0 Å². The molecule has 3 heteroatoms. The zero-order valence-electron chi connectivity index (χ0n) is 9.78. The predicted molar refractivity (Wildman–Crippen MR) is 67.0 cm³/mol. The molecule has 0 aromatic carbocycles. The molecule has 0 N–H and O–H groups in total. The highest BCUT2D eigenvalue weighted by atomic mass is 31.0. The molecule has 70 valence electrons. The molecule has 0 aliphatic rings. The summed E-state index contributed by atoms with van der Waals surface area (Å²) in [5, 5.41) is 0.333. The molecular weight excluding hydrogens is 161 g/mol. The average Bonchev–Trinajstić information content (AvgIpc) is 1.81. The maximum absolute atomic E-state index is 3.08. The van der Waals surface area contributed by atoms with Crippen molar-refractivity contribution in [3.63, 3.8) is 0 Å². The molecule has 0 saturated heterocycles. The Bertz CT molecular complexity index is 139. The third-order valence-corrected chi connectivity index (χ3v) is 5.37. The van der Waals surface area contributed by atoms with E-state index in [0.29, 0.717) is 15.9 Å². The topological polar surface area (TPSA) is 0 Å². The Morgan fingerprint density at radius 2 is 1.17 bits per heavy atom. The predicted octanol–water partition coefficient (Wildman–Crippen LogP) is 1.63. The van der Waals surface area contributed by atoms with E-state index in [9.17, 15) is 0 Å². The van der Waals surface area contributed by atoms with Crippen LogP contribution in [0.5, 0.6) is 0 Å². The van der Waals surface area contributed by atoms with Crippen molar-refractivity contribution in [3.8, 4) is 0 Å². The van der Waals surface area contributed by atoms with Crippen LogP contribution in [0.3, 0.4) is 0 Å². The molecule has 0 saturated carbocycles. The summed E-state index contributed by atoms with van der Waals surface area (Å²) in [4.78, 5) is 0. The number of rotatable bonds is 1. The van der Waals surface area contributed by atoms with Crippen molar-refractivity contribution in [2.45, 2.75) is 46.6 Å². The molecule has 1 atom stereocenters. The summed E-state index contributed by atoms with van der Waals surface area (Å²) in [6, 6.07) is 0. The minimum absolute atomic E-state index is 0.333. The Hall–Kier alpha value is 0.560. The van der Waals surface area contributed by atoms with E-state index in [4.69, 9.17) is 0 Å². The van der Waals surface area contributed by atoms with Gasteiger partial charge in [-0.05, 0) is 15.9 Å². The summed E-state index contributed by atoms with van der Waals surface area (Å²) in [7, 11) is 6.58. The Morgan fingerprint density at radius 1 is 0.917 bits per heavy atom. The molecule has 0 nitrogen and oxygen atoms in total. The van der Waals surface area contributed by atoms with Gasteiger partial charge in [0.25, 0.3) is 0 Å². The van der Waals surface area contributed by atoms with Gasteiger partial charge in [-0.3, -0.25) is 0 Å². The molecule has 0 aromatic heterocycles. The van der Waals surface area contributed by atoms with Crippen molar-refractivity contribution in [1.82, 2.24) is 0 Å². The first-order valence-electron chi connectivity index (χ1n) is 4.85. The maximum atomic E-state index is 3.08. The summed E-state index contributed by atoms with van der Waals surface area (Å²) in [5.41, 5.74) is 0.704. The standard InChI is InChI=1S/C9H23B2P/c1-7(2,3)9(12,11-10)8(4,5)6/h11H,10,12H2,1-6H3. The lowest BCUT2D eigenvalue weighted by molar-refractivity contribution is 0.212.